The van der Waals surface area contributed by atoms with Crippen LogP contribution in [0.1, 0.15) is 31.4 Å². The fourth-order valence-electron chi connectivity index (χ4n) is 3.06. The van der Waals surface area contributed by atoms with Gasteiger partial charge in [0.2, 0.25) is 0 Å². The highest BCUT2D eigenvalue weighted by molar-refractivity contribution is 5.47. The van der Waals surface area contributed by atoms with Crippen molar-refractivity contribution in [2.24, 2.45) is 0 Å². The molecule has 0 radical (unpaired) electrons. The van der Waals surface area contributed by atoms with E-state index in [0.29, 0.717) is 0 Å². The quantitative estimate of drug-likeness (QED) is 0.836. The molecule has 0 spiro atoms. The van der Waals surface area contributed by atoms with Crippen LogP contribution in [0.15, 0.2) is 18.2 Å². The number of methoxy groups -OCH3 is 1. The van der Waals surface area contributed by atoms with Gasteiger partial charge < -0.3 is 9.64 Å². The molecule has 114 valence electrons. The Balaban J connectivity index is 2.12. The van der Waals surface area contributed by atoms with Gasteiger partial charge in [-0.2, -0.15) is 5.26 Å². The maximum atomic E-state index is 9.74. The fraction of sp³-hybridized carbons (Fsp3) is 0.588. The zero-order valence-electron chi connectivity index (χ0n) is 13.3. The van der Waals surface area contributed by atoms with Gasteiger partial charge in [0.15, 0.2) is 0 Å². The number of hydrogen-bond donors (Lipinski definition) is 1. The molecule has 2 rings (SSSR count). The van der Waals surface area contributed by atoms with Crippen molar-refractivity contribution in [2.45, 2.75) is 32.2 Å². The SMILES string of the molecule is CCN(CC)CCNC1(C#N)CCc2ccc(OC)cc21. The summed E-state index contributed by atoms with van der Waals surface area (Å²) < 4.78 is 5.31. The van der Waals surface area contributed by atoms with Crippen molar-refractivity contribution in [1.29, 1.82) is 5.26 Å². The molecule has 0 saturated carbocycles. The van der Waals surface area contributed by atoms with Gasteiger partial charge in [0.25, 0.3) is 0 Å². The number of nitriles is 1. The number of fused-ring (bicyclic) bond motifs is 1. The zero-order chi connectivity index (χ0) is 15.3. The topological polar surface area (TPSA) is 48.3 Å². The van der Waals surface area contributed by atoms with Crippen LogP contribution < -0.4 is 10.1 Å². The van der Waals surface area contributed by atoms with Gasteiger partial charge in [0, 0.05) is 13.1 Å². The number of hydrogen-bond acceptors (Lipinski definition) is 4. The minimum Gasteiger partial charge on any atom is -0.497 e. The van der Waals surface area contributed by atoms with Crippen molar-refractivity contribution in [1.82, 2.24) is 10.2 Å². The summed E-state index contributed by atoms with van der Waals surface area (Å²) in [4.78, 5) is 2.36. The summed E-state index contributed by atoms with van der Waals surface area (Å²) >= 11 is 0. The van der Waals surface area contributed by atoms with Gasteiger partial charge in [0.1, 0.15) is 11.3 Å². The number of nitrogens with zero attached hydrogens (tertiary/aromatic N) is 2. The molecule has 4 heteroatoms. The second-order valence-corrected chi connectivity index (χ2v) is 5.49. The minimum atomic E-state index is -0.559. The molecule has 0 bridgehead atoms. The molecule has 1 aliphatic carbocycles. The van der Waals surface area contributed by atoms with Crippen molar-refractivity contribution in [3.8, 4) is 11.8 Å². The average molecular weight is 287 g/mol. The van der Waals surface area contributed by atoms with Crippen LogP contribution >= 0.6 is 0 Å². The smallest absolute Gasteiger partial charge is 0.133 e. The van der Waals surface area contributed by atoms with Crippen LogP contribution in [0, 0.1) is 11.3 Å². The first-order valence-corrected chi connectivity index (χ1v) is 7.75. The molecule has 1 unspecified atom stereocenters. The molecule has 21 heavy (non-hydrogen) atoms. The van der Waals surface area contributed by atoms with E-state index in [0.717, 1.165) is 50.3 Å². The molecular weight excluding hydrogens is 262 g/mol. The molecule has 0 amide bonds. The Morgan fingerprint density at radius 3 is 2.76 bits per heavy atom. The van der Waals surface area contributed by atoms with Crippen molar-refractivity contribution < 1.29 is 4.74 Å². The molecule has 0 aliphatic heterocycles. The Bertz CT molecular complexity index is 519. The first kappa shape index (κ1) is 15.8. The normalized spacial score (nSPS) is 20.3. The van der Waals surface area contributed by atoms with E-state index in [4.69, 9.17) is 4.74 Å². The predicted octanol–water partition coefficient (Wildman–Crippen LogP) is 2.29. The maximum absolute atomic E-state index is 9.74. The maximum Gasteiger partial charge on any atom is 0.133 e. The monoisotopic (exact) mass is 287 g/mol. The molecule has 1 aromatic carbocycles. The van der Waals surface area contributed by atoms with Crippen LogP contribution in [0.5, 0.6) is 5.75 Å². The molecule has 1 aliphatic rings. The lowest BCUT2D eigenvalue weighted by atomic mass is 9.93. The second kappa shape index (κ2) is 6.93. The van der Waals surface area contributed by atoms with Crippen molar-refractivity contribution in [3.63, 3.8) is 0 Å². The highest BCUT2D eigenvalue weighted by Crippen LogP contribution is 2.38. The summed E-state index contributed by atoms with van der Waals surface area (Å²) in [5.74, 6) is 0.820. The van der Waals surface area contributed by atoms with Crippen LogP contribution in [0.4, 0.5) is 0 Å². The molecule has 1 N–H and O–H groups in total. The standard InChI is InChI=1S/C17H25N3O/c1-4-20(5-2)11-10-19-17(13-18)9-8-14-6-7-15(21-3)12-16(14)17/h6-7,12,19H,4-5,8-11H2,1-3H3. The van der Waals surface area contributed by atoms with Gasteiger partial charge in [-0.3, -0.25) is 5.32 Å². The lowest BCUT2D eigenvalue weighted by molar-refractivity contribution is 0.285. The summed E-state index contributed by atoms with van der Waals surface area (Å²) in [6.45, 7) is 8.21. The van der Waals surface area contributed by atoms with E-state index >= 15 is 0 Å². The lowest BCUT2D eigenvalue weighted by Crippen LogP contribution is -2.43. The fourth-order valence-corrected chi connectivity index (χ4v) is 3.06. The molecular formula is C17H25N3O. The van der Waals surface area contributed by atoms with Crippen LogP contribution in [0.3, 0.4) is 0 Å². The number of ether oxygens (including phenoxy) is 1. The molecule has 0 aromatic heterocycles. The number of nitrogens with one attached hydrogen (secondary N) is 1. The van der Waals surface area contributed by atoms with Gasteiger partial charge in [-0.15, -0.1) is 0 Å². The third-order valence-corrected chi connectivity index (χ3v) is 4.49. The largest absolute Gasteiger partial charge is 0.497 e. The summed E-state index contributed by atoms with van der Waals surface area (Å²) in [7, 11) is 1.67. The predicted molar refractivity (Wildman–Crippen MR) is 84.4 cm³/mol. The molecule has 1 atom stereocenters. The zero-order valence-corrected chi connectivity index (χ0v) is 13.3. The summed E-state index contributed by atoms with van der Waals surface area (Å²) in [5, 5.41) is 13.2. The Labute approximate surface area is 127 Å². The van der Waals surface area contributed by atoms with E-state index < -0.39 is 5.54 Å². The first-order valence-electron chi connectivity index (χ1n) is 7.75. The van der Waals surface area contributed by atoms with E-state index in [-0.39, 0.29) is 0 Å². The van der Waals surface area contributed by atoms with Gasteiger partial charge in [-0.1, -0.05) is 19.9 Å². The number of aryl methyl sites for hydroxylation is 1. The number of benzene rings is 1. The molecule has 4 nitrogen and oxygen atoms in total. The second-order valence-electron chi connectivity index (χ2n) is 5.49. The molecule has 0 heterocycles. The van der Waals surface area contributed by atoms with E-state index in [1.807, 2.05) is 12.1 Å². The van der Waals surface area contributed by atoms with Crippen molar-refractivity contribution in [3.05, 3.63) is 29.3 Å². The number of rotatable bonds is 7. The third-order valence-electron chi connectivity index (χ3n) is 4.49. The van der Waals surface area contributed by atoms with Crippen molar-refractivity contribution >= 4 is 0 Å². The lowest BCUT2D eigenvalue weighted by Gasteiger charge is -2.26. The highest BCUT2D eigenvalue weighted by Gasteiger charge is 2.38. The Hall–Kier alpha value is -1.57. The van der Waals surface area contributed by atoms with E-state index in [2.05, 4.69) is 36.2 Å². The van der Waals surface area contributed by atoms with Crippen LogP contribution in [0.2, 0.25) is 0 Å². The van der Waals surface area contributed by atoms with Gasteiger partial charge in [-0.25, -0.2) is 0 Å². The van der Waals surface area contributed by atoms with E-state index in [9.17, 15) is 5.26 Å². The first-order chi connectivity index (χ1) is 10.2. The molecule has 0 saturated heterocycles. The number of likely N-dealkylation sites (N-methyl/N-ethyl adjacent to an activating group) is 1. The van der Waals surface area contributed by atoms with Crippen LogP contribution in [0.25, 0.3) is 0 Å². The third kappa shape index (κ3) is 3.20. The van der Waals surface area contributed by atoms with Crippen LogP contribution in [-0.4, -0.2) is 38.2 Å². The van der Waals surface area contributed by atoms with E-state index in [1.54, 1.807) is 7.11 Å². The molecule has 0 fully saturated rings. The van der Waals surface area contributed by atoms with Crippen LogP contribution in [-0.2, 0) is 12.0 Å². The minimum absolute atomic E-state index is 0.559. The Morgan fingerprint density at radius 1 is 1.38 bits per heavy atom. The Morgan fingerprint density at radius 2 is 2.14 bits per heavy atom. The van der Waals surface area contributed by atoms with Crippen molar-refractivity contribution in [2.75, 3.05) is 33.3 Å². The summed E-state index contributed by atoms with van der Waals surface area (Å²) in [5.41, 5.74) is 1.79. The molecule has 1 aromatic rings. The van der Waals surface area contributed by atoms with Gasteiger partial charge in [-0.05, 0) is 49.2 Å². The van der Waals surface area contributed by atoms with Gasteiger partial charge in [0.05, 0.1) is 13.2 Å². The highest BCUT2D eigenvalue weighted by atomic mass is 16.5. The summed E-state index contributed by atoms with van der Waals surface area (Å²) in [6, 6.07) is 8.58. The van der Waals surface area contributed by atoms with E-state index in [1.165, 1.54) is 5.56 Å². The Kier molecular flexibility index (Phi) is 5.22. The van der Waals surface area contributed by atoms with Gasteiger partial charge >= 0.3 is 0 Å². The average Bonchev–Trinajstić information content (AvgIpc) is 2.90. The summed E-state index contributed by atoms with van der Waals surface area (Å²) in [6.07, 6.45) is 1.79.